The van der Waals surface area contributed by atoms with E-state index in [0.717, 1.165) is 13.0 Å². The van der Waals surface area contributed by atoms with Crippen LogP contribution in [0.5, 0.6) is 0 Å². The van der Waals surface area contributed by atoms with Crippen molar-refractivity contribution in [3.63, 3.8) is 0 Å². The van der Waals surface area contributed by atoms with Crippen molar-refractivity contribution in [3.05, 3.63) is 17.8 Å². The summed E-state index contributed by atoms with van der Waals surface area (Å²) >= 11 is 0. The molecule has 0 fully saturated rings. The third kappa shape index (κ3) is 5.02. The summed E-state index contributed by atoms with van der Waals surface area (Å²) in [4.78, 5) is 4.08. The number of aromatic nitrogens is 1. The van der Waals surface area contributed by atoms with Gasteiger partial charge in [-0.15, -0.1) is 0 Å². The van der Waals surface area contributed by atoms with E-state index >= 15 is 0 Å². The molecule has 1 aromatic heterocycles. The van der Waals surface area contributed by atoms with Crippen molar-refractivity contribution >= 4 is 11.5 Å². The zero-order valence-electron chi connectivity index (χ0n) is 10.9. The molecule has 0 atom stereocenters. The molecule has 0 aromatic carbocycles. The molecule has 0 saturated heterocycles. The standard InChI is InChI=1S/C13H20N4O/c1-10(2)5-7-18-8-6-16-13-4-3-11(15)12(9-14)17-13/h3-4,10H,5-8,15H2,1-2H3,(H,16,17). The van der Waals surface area contributed by atoms with Crippen LogP contribution in [-0.2, 0) is 4.74 Å². The second-order valence-electron chi connectivity index (χ2n) is 4.47. The molecule has 0 aliphatic carbocycles. The third-order valence-corrected chi connectivity index (χ3v) is 2.42. The Balaban J connectivity index is 2.26. The summed E-state index contributed by atoms with van der Waals surface area (Å²) in [5, 5.41) is 11.9. The summed E-state index contributed by atoms with van der Waals surface area (Å²) in [7, 11) is 0. The van der Waals surface area contributed by atoms with Gasteiger partial charge in [-0.25, -0.2) is 4.98 Å². The second kappa shape index (κ2) is 7.51. The van der Waals surface area contributed by atoms with Crippen LogP contribution in [0.1, 0.15) is 26.0 Å². The van der Waals surface area contributed by atoms with Gasteiger partial charge < -0.3 is 15.8 Å². The largest absolute Gasteiger partial charge is 0.396 e. The van der Waals surface area contributed by atoms with Gasteiger partial charge in [0, 0.05) is 13.2 Å². The molecule has 0 unspecified atom stereocenters. The number of nitrogen functional groups attached to an aromatic ring is 1. The lowest BCUT2D eigenvalue weighted by molar-refractivity contribution is 0.132. The highest BCUT2D eigenvalue weighted by Crippen LogP contribution is 2.11. The molecule has 1 aromatic rings. The van der Waals surface area contributed by atoms with E-state index in [1.165, 1.54) is 0 Å². The maximum Gasteiger partial charge on any atom is 0.165 e. The first kappa shape index (κ1) is 14.3. The number of nitrogens with zero attached hydrogens (tertiary/aromatic N) is 2. The number of anilines is 2. The summed E-state index contributed by atoms with van der Waals surface area (Å²) < 4.78 is 5.47. The fourth-order valence-electron chi connectivity index (χ4n) is 1.33. The van der Waals surface area contributed by atoms with Crippen molar-refractivity contribution in [1.29, 1.82) is 5.26 Å². The monoisotopic (exact) mass is 248 g/mol. The molecule has 0 aliphatic heterocycles. The number of hydrogen-bond donors (Lipinski definition) is 2. The maximum atomic E-state index is 8.79. The smallest absolute Gasteiger partial charge is 0.165 e. The van der Waals surface area contributed by atoms with Crippen LogP contribution < -0.4 is 11.1 Å². The van der Waals surface area contributed by atoms with Crippen LogP contribution in [-0.4, -0.2) is 24.7 Å². The molecule has 3 N–H and O–H groups in total. The molecular weight excluding hydrogens is 228 g/mol. The first-order valence-electron chi connectivity index (χ1n) is 6.11. The van der Waals surface area contributed by atoms with E-state index in [2.05, 4.69) is 24.1 Å². The van der Waals surface area contributed by atoms with Crippen molar-refractivity contribution in [3.8, 4) is 6.07 Å². The van der Waals surface area contributed by atoms with Gasteiger partial charge in [0.2, 0.25) is 0 Å². The van der Waals surface area contributed by atoms with Crippen LogP contribution >= 0.6 is 0 Å². The fourth-order valence-corrected chi connectivity index (χ4v) is 1.33. The van der Waals surface area contributed by atoms with E-state index in [9.17, 15) is 0 Å². The van der Waals surface area contributed by atoms with Crippen molar-refractivity contribution < 1.29 is 4.74 Å². The predicted octanol–water partition coefficient (Wildman–Crippen LogP) is 2.01. The van der Waals surface area contributed by atoms with E-state index in [1.54, 1.807) is 12.1 Å². The predicted molar refractivity (Wildman–Crippen MR) is 72.1 cm³/mol. The molecule has 98 valence electrons. The van der Waals surface area contributed by atoms with Gasteiger partial charge in [-0.05, 0) is 24.5 Å². The van der Waals surface area contributed by atoms with Crippen molar-refractivity contribution in [2.45, 2.75) is 20.3 Å². The topological polar surface area (TPSA) is 84.0 Å². The van der Waals surface area contributed by atoms with Crippen molar-refractivity contribution in [1.82, 2.24) is 4.98 Å². The van der Waals surface area contributed by atoms with Crippen LogP contribution in [0.25, 0.3) is 0 Å². The highest BCUT2D eigenvalue weighted by Gasteiger charge is 2.01. The molecule has 0 bridgehead atoms. The molecule has 0 amide bonds. The number of rotatable bonds is 7. The number of hydrogen-bond acceptors (Lipinski definition) is 5. The number of pyridine rings is 1. The lowest BCUT2D eigenvalue weighted by Gasteiger charge is -2.08. The van der Waals surface area contributed by atoms with E-state index in [4.69, 9.17) is 15.7 Å². The summed E-state index contributed by atoms with van der Waals surface area (Å²) in [6, 6.07) is 5.38. The minimum Gasteiger partial charge on any atom is -0.396 e. The van der Waals surface area contributed by atoms with E-state index < -0.39 is 0 Å². The Morgan fingerprint density at radius 3 is 2.89 bits per heavy atom. The Hall–Kier alpha value is -1.80. The van der Waals surface area contributed by atoms with E-state index in [0.29, 0.717) is 30.6 Å². The van der Waals surface area contributed by atoms with Crippen LogP contribution in [0.2, 0.25) is 0 Å². The fraction of sp³-hybridized carbons (Fsp3) is 0.538. The third-order valence-electron chi connectivity index (χ3n) is 2.42. The quantitative estimate of drug-likeness (QED) is 0.721. The van der Waals surface area contributed by atoms with Gasteiger partial charge in [-0.1, -0.05) is 13.8 Å². The minimum absolute atomic E-state index is 0.251. The maximum absolute atomic E-state index is 8.79. The molecule has 0 saturated carbocycles. The van der Waals surface area contributed by atoms with Gasteiger partial charge in [-0.2, -0.15) is 5.26 Å². The SMILES string of the molecule is CC(C)CCOCCNc1ccc(N)c(C#N)n1. The molecule has 18 heavy (non-hydrogen) atoms. The normalized spacial score (nSPS) is 10.3. The zero-order chi connectivity index (χ0) is 13.4. The summed E-state index contributed by atoms with van der Waals surface area (Å²) in [6.07, 6.45) is 1.07. The molecule has 5 nitrogen and oxygen atoms in total. The highest BCUT2D eigenvalue weighted by molar-refractivity contribution is 5.54. The Morgan fingerprint density at radius 2 is 2.22 bits per heavy atom. The molecule has 5 heteroatoms. The Kier molecular flexibility index (Phi) is 5.95. The molecule has 0 spiro atoms. The van der Waals surface area contributed by atoms with Gasteiger partial charge in [-0.3, -0.25) is 0 Å². The first-order valence-corrected chi connectivity index (χ1v) is 6.11. The van der Waals surface area contributed by atoms with Crippen molar-refractivity contribution in [2.24, 2.45) is 5.92 Å². The molecular formula is C13H20N4O. The van der Waals surface area contributed by atoms with Crippen molar-refractivity contribution in [2.75, 3.05) is 30.8 Å². The Bertz CT molecular complexity index is 412. The molecule has 1 rings (SSSR count). The van der Waals surface area contributed by atoms with Gasteiger partial charge in [0.15, 0.2) is 5.69 Å². The lowest BCUT2D eigenvalue weighted by Crippen LogP contribution is -2.12. The number of nitrogens with one attached hydrogen (secondary N) is 1. The van der Waals surface area contributed by atoms with E-state index in [-0.39, 0.29) is 5.69 Å². The first-order chi connectivity index (χ1) is 8.63. The molecule has 1 heterocycles. The van der Waals surface area contributed by atoms with Crippen LogP contribution in [0.15, 0.2) is 12.1 Å². The van der Waals surface area contributed by atoms with E-state index in [1.807, 2.05) is 6.07 Å². The number of nitrogens with two attached hydrogens (primary N) is 1. The number of ether oxygens (including phenoxy) is 1. The Morgan fingerprint density at radius 1 is 1.44 bits per heavy atom. The van der Waals surface area contributed by atoms with Crippen LogP contribution in [0.4, 0.5) is 11.5 Å². The second-order valence-corrected chi connectivity index (χ2v) is 4.47. The Labute approximate surface area is 108 Å². The van der Waals surface area contributed by atoms with Gasteiger partial charge in [0.1, 0.15) is 11.9 Å². The molecule has 0 aliphatic rings. The molecule has 0 radical (unpaired) electrons. The average Bonchev–Trinajstić information content (AvgIpc) is 2.35. The number of nitriles is 1. The average molecular weight is 248 g/mol. The van der Waals surface area contributed by atoms with Crippen LogP contribution in [0, 0.1) is 17.2 Å². The van der Waals surface area contributed by atoms with Gasteiger partial charge in [0.25, 0.3) is 0 Å². The van der Waals surface area contributed by atoms with Gasteiger partial charge >= 0.3 is 0 Å². The zero-order valence-corrected chi connectivity index (χ0v) is 10.9. The summed E-state index contributed by atoms with van der Waals surface area (Å²) in [5.41, 5.74) is 6.24. The summed E-state index contributed by atoms with van der Waals surface area (Å²) in [5.74, 6) is 1.31. The van der Waals surface area contributed by atoms with Gasteiger partial charge in [0.05, 0.1) is 12.3 Å². The minimum atomic E-state index is 0.251. The summed E-state index contributed by atoms with van der Waals surface area (Å²) in [6.45, 7) is 6.41. The lowest BCUT2D eigenvalue weighted by atomic mass is 10.1. The highest BCUT2D eigenvalue weighted by atomic mass is 16.5. The van der Waals surface area contributed by atoms with Crippen LogP contribution in [0.3, 0.4) is 0 Å².